The van der Waals surface area contributed by atoms with Crippen LogP contribution in [0.3, 0.4) is 0 Å². The molecule has 0 aliphatic carbocycles. The van der Waals surface area contributed by atoms with Gasteiger partial charge in [0, 0.05) is 48.9 Å². The molecule has 0 heterocycles. The summed E-state index contributed by atoms with van der Waals surface area (Å²) in [5.74, 6) is 0. The average molecular weight is 700 g/mol. The van der Waals surface area contributed by atoms with Crippen molar-refractivity contribution in [3.05, 3.63) is 0 Å². The number of hydrogen-bond donors (Lipinski definition) is 2. The maximum atomic E-state index is 11.5. The van der Waals surface area contributed by atoms with Crippen LogP contribution in [0, 0.1) is 0 Å². The van der Waals surface area contributed by atoms with E-state index in [1.165, 1.54) is 0 Å². The predicted molar refractivity (Wildman–Crippen MR) is 71.9 cm³/mol. The summed E-state index contributed by atoms with van der Waals surface area (Å²) in [5.41, 5.74) is -24.6. The van der Waals surface area contributed by atoms with Crippen molar-refractivity contribution in [2.45, 2.75) is 22.0 Å². The molecule has 27 heteroatoms. The first kappa shape index (κ1) is 36.0. The van der Waals surface area contributed by atoms with Crippen LogP contribution in [0.25, 0.3) is 0 Å². The van der Waals surface area contributed by atoms with Crippen molar-refractivity contribution in [1.29, 1.82) is 0 Å². The molecule has 0 aromatic carbocycles. The van der Waals surface area contributed by atoms with E-state index in [9.17, 15) is 86.4 Å². The average Bonchev–Trinajstić information content (AvgIpc) is 2.30. The standard InChI is InChI=1S/2C2HF6NO4S2.Ba/c2*3-1(4,5)14(10,11)9-15(12,13)2(6,7)8;/h2*9H;. The predicted octanol–water partition coefficient (Wildman–Crippen LogP) is 0.170. The Morgan fingerprint density at radius 1 is 0.355 bits per heavy atom. The molecule has 0 aliphatic rings. The topological polar surface area (TPSA) is 161 Å². The fraction of sp³-hybridized carbons (Fsp3) is 1.00. The number of alkyl halides is 12. The Bertz CT molecular complexity index is 862. The van der Waals surface area contributed by atoms with E-state index in [-0.39, 0.29) is 48.9 Å². The zero-order chi connectivity index (χ0) is 25.4. The first-order valence-corrected chi connectivity index (χ1v) is 11.2. The molecule has 31 heavy (non-hydrogen) atoms. The molecule has 0 aliphatic heterocycles. The van der Waals surface area contributed by atoms with Crippen LogP contribution in [0.15, 0.2) is 0 Å². The summed E-state index contributed by atoms with van der Waals surface area (Å²) in [7, 11) is -26.4. The summed E-state index contributed by atoms with van der Waals surface area (Å²) in [6.07, 6.45) is 0. The summed E-state index contributed by atoms with van der Waals surface area (Å²) in [5, 5.41) is 0. The Balaban J connectivity index is -0.000000490. The normalized spacial score (nSPS) is 14.8. The van der Waals surface area contributed by atoms with Crippen molar-refractivity contribution in [2.75, 3.05) is 0 Å². The van der Waals surface area contributed by atoms with Gasteiger partial charge in [-0.3, -0.25) is 0 Å². The van der Waals surface area contributed by atoms with Gasteiger partial charge in [0.25, 0.3) is 0 Å². The molecule has 0 rings (SSSR count). The molecule has 0 aromatic heterocycles. The summed E-state index contributed by atoms with van der Waals surface area (Å²) < 4.78 is 217. The van der Waals surface area contributed by atoms with E-state index in [1.807, 2.05) is 0 Å². The maximum absolute atomic E-state index is 11.5. The van der Waals surface area contributed by atoms with Gasteiger partial charge in [0.15, 0.2) is 0 Å². The van der Waals surface area contributed by atoms with Crippen LogP contribution < -0.4 is 8.25 Å². The van der Waals surface area contributed by atoms with Gasteiger partial charge in [0.05, 0.1) is 0 Å². The van der Waals surface area contributed by atoms with Crippen LogP contribution in [0.5, 0.6) is 0 Å². The summed E-state index contributed by atoms with van der Waals surface area (Å²) >= 11 is 0. The third-order valence-corrected chi connectivity index (χ3v) is 7.61. The maximum Gasteiger partial charge on any atom is 0.512 e. The molecule has 0 fully saturated rings. The Labute approximate surface area is 204 Å². The molecule has 0 amide bonds. The fourth-order valence-electron chi connectivity index (χ4n) is 0.478. The van der Waals surface area contributed by atoms with Crippen LogP contribution >= 0.6 is 0 Å². The summed E-state index contributed by atoms with van der Waals surface area (Å²) in [6, 6.07) is 0. The Hall–Kier alpha value is 0.451. The molecular formula is C4H2BaF12N2O8S4. The SMILES string of the molecule is O=S(=O)(NS(=O)(=O)C(F)(F)F)C(F)(F)F.O=S(=O)(NS(=O)(=O)C(F)(F)F)C(F)(F)F.[Ba]. The second-order valence-electron chi connectivity index (χ2n) is 3.96. The Kier molecular flexibility index (Phi) is 12.1. The van der Waals surface area contributed by atoms with Crippen molar-refractivity contribution in [3.8, 4) is 0 Å². The third-order valence-electron chi connectivity index (χ3n) is 1.66. The summed E-state index contributed by atoms with van der Waals surface area (Å²) in [6.45, 7) is 0. The van der Waals surface area contributed by atoms with Gasteiger partial charge in [-0.05, 0) is 0 Å². The van der Waals surface area contributed by atoms with Crippen molar-refractivity contribution in [3.63, 3.8) is 0 Å². The van der Waals surface area contributed by atoms with Gasteiger partial charge < -0.3 is 0 Å². The van der Waals surface area contributed by atoms with Crippen LogP contribution in [0.4, 0.5) is 52.7 Å². The summed E-state index contributed by atoms with van der Waals surface area (Å²) in [4.78, 5) is 0. The first-order valence-electron chi connectivity index (χ1n) is 5.23. The van der Waals surface area contributed by atoms with E-state index >= 15 is 0 Å². The molecule has 0 aromatic rings. The smallest absolute Gasteiger partial charge is 0.202 e. The number of rotatable bonds is 4. The Morgan fingerprint density at radius 3 is 0.516 bits per heavy atom. The molecule has 186 valence electrons. The monoisotopic (exact) mass is 700 g/mol. The number of nitrogens with one attached hydrogen (secondary N) is 2. The molecule has 0 atom stereocenters. The van der Waals surface area contributed by atoms with Gasteiger partial charge in [0.2, 0.25) is 0 Å². The van der Waals surface area contributed by atoms with E-state index in [0.717, 1.165) is 0 Å². The van der Waals surface area contributed by atoms with Gasteiger partial charge in [-0.15, -0.1) is 0 Å². The second-order valence-corrected chi connectivity index (χ2v) is 11.2. The van der Waals surface area contributed by atoms with Gasteiger partial charge in [-0.1, -0.05) is 8.25 Å². The molecule has 0 saturated carbocycles. The minimum absolute atomic E-state index is 0. The molecule has 2 radical (unpaired) electrons. The van der Waals surface area contributed by atoms with E-state index in [1.54, 1.807) is 0 Å². The van der Waals surface area contributed by atoms with E-state index in [2.05, 4.69) is 0 Å². The molecule has 0 saturated heterocycles. The van der Waals surface area contributed by atoms with Gasteiger partial charge >= 0.3 is 62.1 Å². The Morgan fingerprint density at radius 2 is 0.452 bits per heavy atom. The van der Waals surface area contributed by atoms with E-state index < -0.39 is 70.4 Å². The van der Waals surface area contributed by atoms with Crippen LogP contribution in [0.1, 0.15) is 0 Å². The molecular weight excluding hydrogens is 698 g/mol. The molecule has 0 spiro atoms. The second kappa shape index (κ2) is 10.4. The largest absolute Gasteiger partial charge is 0.512 e. The van der Waals surface area contributed by atoms with E-state index in [4.69, 9.17) is 0 Å². The van der Waals surface area contributed by atoms with Gasteiger partial charge in [0.1, 0.15) is 0 Å². The number of hydrogen-bond acceptors (Lipinski definition) is 8. The third kappa shape index (κ3) is 10.5. The quantitative estimate of drug-likeness (QED) is 0.311. The van der Waals surface area contributed by atoms with Crippen molar-refractivity contribution in [2.24, 2.45) is 0 Å². The molecule has 10 nitrogen and oxygen atoms in total. The minimum Gasteiger partial charge on any atom is -0.202 e. The molecule has 2 N–H and O–H groups in total. The number of halogens is 12. The minimum atomic E-state index is -6.60. The van der Waals surface area contributed by atoms with Crippen molar-refractivity contribution >= 4 is 89.0 Å². The molecule has 0 unspecified atom stereocenters. The zero-order valence-corrected chi connectivity index (χ0v) is 20.8. The van der Waals surface area contributed by atoms with Gasteiger partial charge in [-0.25, -0.2) is 33.7 Å². The molecule has 0 bridgehead atoms. The van der Waals surface area contributed by atoms with Crippen LogP contribution in [0.2, 0.25) is 0 Å². The fourth-order valence-corrected chi connectivity index (χ4v) is 4.30. The van der Waals surface area contributed by atoms with Crippen molar-refractivity contribution in [1.82, 2.24) is 8.25 Å². The zero-order valence-electron chi connectivity index (χ0n) is 13.1. The van der Waals surface area contributed by atoms with Crippen LogP contribution in [-0.2, 0) is 40.1 Å². The van der Waals surface area contributed by atoms with E-state index in [0.29, 0.717) is 0 Å². The number of sulfonamides is 4. The first-order chi connectivity index (χ1) is 12.4. The van der Waals surface area contributed by atoms with Crippen LogP contribution in [-0.4, -0.2) is 105 Å². The van der Waals surface area contributed by atoms with Gasteiger partial charge in [-0.2, -0.15) is 52.7 Å². The van der Waals surface area contributed by atoms with Crippen molar-refractivity contribution < 1.29 is 86.4 Å².